The van der Waals surface area contributed by atoms with Crippen LogP contribution < -0.4 is 5.32 Å². The minimum absolute atomic E-state index is 0.0193. The quantitative estimate of drug-likeness (QED) is 0.853. The van der Waals surface area contributed by atoms with E-state index in [1.54, 1.807) is 6.92 Å². The van der Waals surface area contributed by atoms with Gasteiger partial charge in [0.2, 0.25) is 5.91 Å². The SMILES string of the molecule is CCCNC(=O)C(C)n1c(=S)[nH]c2ccc(F)c(F)c21. The number of aromatic amines is 1. The Labute approximate surface area is 119 Å². The molecule has 2 N–H and O–H groups in total. The van der Waals surface area contributed by atoms with Gasteiger partial charge in [-0.3, -0.25) is 4.79 Å². The fourth-order valence-corrected chi connectivity index (χ4v) is 2.40. The highest BCUT2D eigenvalue weighted by Crippen LogP contribution is 2.24. The lowest BCUT2D eigenvalue weighted by molar-refractivity contribution is -0.123. The number of hydrogen-bond acceptors (Lipinski definition) is 2. The number of fused-ring (bicyclic) bond motifs is 1. The molecule has 1 aromatic heterocycles. The second-order valence-corrected chi connectivity index (χ2v) is 4.91. The van der Waals surface area contributed by atoms with Gasteiger partial charge in [0.05, 0.1) is 5.52 Å². The van der Waals surface area contributed by atoms with Gasteiger partial charge in [-0.25, -0.2) is 8.78 Å². The number of aromatic nitrogens is 2. The number of nitrogens with one attached hydrogen (secondary N) is 2. The van der Waals surface area contributed by atoms with Crippen LogP contribution in [-0.2, 0) is 4.79 Å². The molecule has 1 amide bonds. The van der Waals surface area contributed by atoms with E-state index in [1.165, 1.54) is 10.6 Å². The third-order valence-corrected chi connectivity index (χ3v) is 3.39. The van der Waals surface area contributed by atoms with E-state index in [4.69, 9.17) is 12.2 Å². The van der Waals surface area contributed by atoms with Crippen molar-refractivity contribution in [2.24, 2.45) is 0 Å². The lowest BCUT2D eigenvalue weighted by Gasteiger charge is -2.14. The highest BCUT2D eigenvalue weighted by Gasteiger charge is 2.21. The summed E-state index contributed by atoms with van der Waals surface area (Å²) in [7, 11) is 0. The number of imidazole rings is 1. The van der Waals surface area contributed by atoms with Crippen molar-refractivity contribution in [2.75, 3.05) is 6.54 Å². The molecule has 1 unspecified atom stereocenters. The van der Waals surface area contributed by atoms with Crippen LogP contribution in [0.4, 0.5) is 8.78 Å². The summed E-state index contributed by atoms with van der Waals surface area (Å²) < 4.78 is 28.8. The smallest absolute Gasteiger partial charge is 0.242 e. The Balaban J connectivity index is 2.53. The first-order valence-corrected chi connectivity index (χ1v) is 6.74. The predicted octanol–water partition coefficient (Wildman–Crippen LogP) is 3.06. The summed E-state index contributed by atoms with van der Waals surface area (Å²) in [4.78, 5) is 14.8. The van der Waals surface area contributed by atoms with Crippen LogP contribution in [0.1, 0.15) is 26.3 Å². The molecule has 1 atom stereocenters. The van der Waals surface area contributed by atoms with Gasteiger partial charge in [-0.1, -0.05) is 6.92 Å². The van der Waals surface area contributed by atoms with Crippen LogP contribution in [0.25, 0.3) is 11.0 Å². The van der Waals surface area contributed by atoms with Crippen LogP contribution in [0.3, 0.4) is 0 Å². The first kappa shape index (κ1) is 14.6. The third kappa shape index (κ3) is 2.45. The number of halogens is 2. The molecule has 4 nitrogen and oxygen atoms in total. The molecule has 108 valence electrons. The van der Waals surface area contributed by atoms with Crippen LogP contribution in [0.2, 0.25) is 0 Å². The zero-order valence-electron chi connectivity index (χ0n) is 11.2. The van der Waals surface area contributed by atoms with Crippen LogP contribution in [0.5, 0.6) is 0 Å². The van der Waals surface area contributed by atoms with E-state index in [0.717, 1.165) is 12.5 Å². The molecule has 1 aromatic carbocycles. The number of rotatable bonds is 4. The molecule has 2 aromatic rings. The van der Waals surface area contributed by atoms with Crippen molar-refractivity contribution in [2.45, 2.75) is 26.3 Å². The summed E-state index contributed by atoms with van der Waals surface area (Å²) in [6, 6.07) is 1.70. The summed E-state index contributed by atoms with van der Waals surface area (Å²) in [5, 5.41) is 2.71. The maximum atomic E-state index is 14.0. The molecule has 20 heavy (non-hydrogen) atoms. The number of benzene rings is 1. The topological polar surface area (TPSA) is 49.8 Å². The molecule has 0 bridgehead atoms. The van der Waals surface area contributed by atoms with Crippen molar-refractivity contribution in [1.82, 2.24) is 14.9 Å². The fraction of sp³-hybridized carbons (Fsp3) is 0.385. The van der Waals surface area contributed by atoms with E-state index >= 15 is 0 Å². The number of carbonyl (C=O) groups excluding carboxylic acids is 1. The molecule has 2 rings (SSSR count). The molecule has 0 aliphatic rings. The normalized spacial score (nSPS) is 12.6. The van der Waals surface area contributed by atoms with Crippen molar-refractivity contribution in [3.05, 3.63) is 28.5 Å². The second kappa shape index (κ2) is 5.70. The molecular formula is C13H15F2N3OS. The maximum Gasteiger partial charge on any atom is 0.242 e. The Morgan fingerprint density at radius 1 is 1.50 bits per heavy atom. The Kier molecular flexibility index (Phi) is 4.17. The highest BCUT2D eigenvalue weighted by molar-refractivity contribution is 7.71. The van der Waals surface area contributed by atoms with E-state index in [2.05, 4.69) is 10.3 Å². The molecule has 0 saturated carbocycles. The Morgan fingerprint density at radius 3 is 2.85 bits per heavy atom. The van der Waals surface area contributed by atoms with Crippen LogP contribution >= 0.6 is 12.2 Å². The van der Waals surface area contributed by atoms with Crippen molar-refractivity contribution < 1.29 is 13.6 Å². The molecule has 1 heterocycles. The minimum atomic E-state index is -1.01. The molecule has 7 heteroatoms. The van der Waals surface area contributed by atoms with E-state index in [-0.39, 0.29) is 16.2 Å². The van der Waals surface area contributed by atoms with Crippen molar-refractivity contribution >= 4 is 29.2 Å². The summed E-state index contributed by atoms with van der Waals surface area (Å²) in [6.45, 7) is 4.05. The summed E-state index contributed by atoms with van der Waals surface area (Å²) in [6.07, 6.45) is 0.792. The summed E-state index contributed by atoms with van der Waals surface area (Å²) in [5.41, 5.74) is 0.346. The highest BCUT2D eigenvalue weighted by atomic mass is 32.1. The van der Waals surface area contributed by atoms with Crippen molar-refractivity contribution in [1.29, 1.82) is 0 Å². The molecule has 0 spiro atoms. The van der Waals surface area contributed by atoms with E-state index in [1.807, 2.05) is 6.92 Å². The molecule has 0 fully saturated rings. The van der Waals surface area contributed by atoms with Crippen LogP contribution in [0.15, 0.2) is 12.1 Å². The number of amides is 1. The van der Waals surface area contributed by atoms with Gasteiger partial charge in [0, 0.05) is 6.54 Å². The average Bonchev–Trinajstić information content (AvgIpc) is 2.76. The van der Waals surface area contributed by atoms with Crippen molar-refractivity contribution in [3.63, 3.8) is 0 Å². The first-order valence-electron chi connectivity index (χ1n) is 6.33. The minimum Gasteiger partial charge on any atom is -0.354 e. The first-order chi connectivity index (χ1) is 9.47. The van der Waals surface area contributed by atoms with Crippen LogP contribution in [0, 0.1) is 16.4 Å². The predicted molar refractivity (Wildman–Crippen MR) is 75.1 cm³/mol. The Morgan fingerprint density at radius 2 is 2.20 bits per heavy atom. The standard InChI is InChI=1S/C13H15F2N3OS/c1-3-6-16-12(19)7(2)18-11-9(17-13(18)20)5-4-8(14)10(11)15/h4-5,7H,3,6H2,1-2H3,(H,16,19)(H,17,20). The van der Waals surface area contributed by atoms with Gasteiger partial charge in [0.15, 0.2) is 16.4 Å². The summed E-state index contributed by atoms with van der Waals surface area (Å²) >= 11 is 5.10. The Bertz CT molecular complexity index is 707. The second-order valence-electron chi connectivity index (χ2n) is 4.52. The monoisotopic (exact) mass is 299 g/mol. The fourth-order valence-electron chi connectivity index (χ4n) is 2.04. The van der Waals surface area contributed by atoms with E-state index in [9.17, 15) is 13.6 Å². The lowest BCUT2D eigenvalue weighted by Crippen LogP contribution is -2.31. The van der Waals surface area contributed by atoms with Gasteiger partial charge in [0.25, 0.3) is 0 Å². The maximum absolute atomic E-state index is 14.0. The lowest BCUT2D eigenvalue weighted by atomic mass is 10.2. The molecule has 0 saturated heterocycles. The number of nitrogens with zero attached hydrogens (tertiary/aromatic N) is 1. The molecule has 0 aliphatic heterocycles. The van der Waals surface area contributed by atoms with Gasteiger partial charge < -0.3 is 14.9 Å². The van der Waals surface area contributed by atoms with Crippen molar-refractivity contribution in [3.8, 4) is 0 Å². The number of carbonyl (C=O) groups is 1. The van der Waals surface area contributed by atoms with Gasteiger partial charge >= 0.3 is 0 Å². The zero-order chi connectivity index (χ0) is 14.9. The molecule has 0 radical (unpaired) electrons. The average molecular weight is 299 g/mol. The van der Waals surface area contributed by atoms with E-state index in [0.29, 0.717) is 12.1 Å². The van der Waals surface area contributed by atoms with Gasteiger partial charge in [-0.2, -0.15) is 0 Å². The zero-order valence-corrected chi connectivity index (χ0v) is 12.0. The number of H-pyrrole nitrogens is 1. The van der Waals surface area contributed by atoms with Gasteiger partial charge in [-0.15, -0.1) is 0 Å². The van der Waals surface area contributed by atoms with E-state index < -0.39 is 17.7 Å². The molecule has 0 aliphatic carbocycles. The van der Waals surface area contributed by atoms with Gasteiger partial charge in [-0.05, 0) is 37.7 Å². The van der Waals surface area contributed by atoms with Crippen LogP contribution in [-0.4, -0.2) is 22.0 Å². The third-order valence-electron chi connectivity index (χ3n) is 3.09. The number of hydrogen-bond donors (Lipinski definition) is 2. The molecular weight excluding hydrogens is 284 g/mol. The Hall–Kier alpha value is -1.76. The largest absolute Gasteiger partial charge is 0.354 e. The van der Waals surface area contributed by atoms with Gasteiger partial charge in [0.1, 0.15) is 11.6 Å². The summed E-state index contributed by atoms with van der Waals surface area (Å²) in [5.74, 6) is -2.26.